The molecular formula is C18H21NO3S. The van der Waals surface area contributed by atoms with Crippen LogP contribution in [0.1, 0.15) is 16.0 Å². The maximum absolute atomic E-state index is 12.3. The Morgan fingerprint density at radius 2 is 2.04 bits per heavy atom. The SMILES string of the molecule is COc1cccc(/C=C/C(=O)N(C)Cc2sccc2C)c1OC. The van der Waals surface area contributed by atoms with Gasteiger partial charge in [0.1, 0.15) is 0 Å². The average Bonchev–Trinajstić information content (AvgIpc) is 2.96. The van der Waals surface area contributed by atoms with Gasteiger partial charge in [-0.1, -0.05) is 12.1 Å². The Kier molecular flexibility index (Phi) is 5.82. The van der Waals surface area contributed by atoms with E-state index in [0.29, 0.717) is 18.0 Å². The number of aryl methyl sites for hydroxylation is 1. The van der Waals surface area contributed by atoms with Gasteiger partial charge in [-0.2, -0.15) is 0 Å². The molecule has 23 heavy (non-hydrogen) atoms. The third-order valence-electron chi connectivity index (χ3n) is 3.56. The van der Waals surface area contributed by atoms with Crippen molar-refractivity contribution in [2.45, 2.75) is 13.5 Å². The van der Waals surface area contributed by atoms with Gasteiger partial charge in [0.05, 0.1) is 20.8 Å². The van der Waals surface area contributed by atoms with Gasteiger partial charge < -0.3 is 14.4 Å². The number of ether oxygens (including phenoxy) is 2. The smallest absolute Gasteiger partial charge is 0.246 e. The van der Waals surface area contributed by atoms with E-state index in [1.807, 2.05) is 23.6 Å². The Morgan fingerprint density at radius 3 is 2.65 bits per heavy atom. The van der Waals surface area contributed by atoms with Crippen LogP contribution in [0.15, 0.2) is 35.7 Å². The highest BCUT2D eigenvalue weighted by atomic mass is 32.1. The molecule has 0 radical (unpaired) electrons. The van der Waals surface area contributed by atoms with Crippen molar-refractivity contribution in [2.75, 3.05) is 21.3 Å². The number of carbonyl (C=O) groups excluding carboxylic acids is 1. The molecule has 0 spiro atoms. The molecule has 0 N–H and O–H groups in total. The lowest BCUT2D eigenvalue weighted by Crippen LogP contribution is -2.23. The van der Waals surface area contributed by atoms with Crippen molar-refractivity contribution in [1.29, 1.82) is 0 Å². The van der Waals surface area contributed by atoms with Gasteiger partial charge in [-0.05, 0) is 36.1 Å². The van der Waals surface area contributed by atoms with E-state index in [0.717, 1.165) is 5.56 Å². The minimum Gasteiger partial charge on any atom is -0.493 e. The van der Waals surface area contributed by atoms with E-state index in [1.165, 1.54) is 10.4 Å². The lowest BCUT2D eigenvalue weighted by atomic mass is 10.1. The third kappa shape index (κ3) is 4.13. The van der Waals surface area contributed by atoms with E-state index in [4.69, 9.17) is 9.47 Å². The highest BCUT2D eigenvalue weighted by Crippen LogP contribution is 2.31. The Labute approximate surface area is 141 Å². The van der Waals surface area contributed by atoms with Gasteiger partial charge in [-0.25, -0.2) is 0 Å². The summed E-state index contributed by atoms with van der Waals surface area (Å²) in [5.74, 6) is 1.21. The zero-order chi connectivity index (χ0) is 16.8. The average molecular weight is 331 g/mol. The van der Waals surface area contributed by atoms with E-state index in [9.17, 15) is 4.79 Å². The van der Waals surface area contributed by atoms with E-state index in [2.05, 4.69) is 13.0 Å². The summed E-state index contributed by atoms with van der Waals surface area (Å²) in [4.78, 5) is 15.2. The van der Waals surface area contributed by atoms with Crippen molar-refractivity contribution in [3.05, 3.63) is 51.7 Å². The highest BCUT2D eigenvalue weighted by Gasteiger charge is 2.10. The second-order valence-electron chi connectivity index (χ2n) is 5.14. The number of rotatable bonds is 6. The predicted molar refractivity (Wildman–Crippen MR) is 94.1 cm³/mol. The van der Waals surface area contributed by atoms with Crippen LogP contribution in [0.4, 0.5) is 0 Å². The predicted octanol–water partition coefficient (Wildman–Crippen LogP) is 3.75. The fourth-order valence-corrected chi connectivity index (χ4v) is 3.15. The summed E-state index contributed by atoms with van der Waals surface area (Å²) >= 11 is 1.67. The molecule has 1 aromatic heterocycles. The van der Waals surface area contributed by atoms with Gasteiger partial charge in [-0.3, -0.25) is 4.79 Å². The molecule has 1 amide bonds. The van der Waals surface area contributed by atoms with Crippen LogP contribution in [0.5, 0.6) is 11.5 Å². The van der Waals surface area contributed by atoms with Crippen molar-refractivity contribution >= 4 is 23.3 Å². The molecule has 0 saturated carbocycles. The molecule has 0 saturated heterocycles. The van der Waals surface area contributed by atoms with Crippen LogP contribution in [-0.2, 0) is 11.3 Å². The van der Waals surface area contributed by atoms with E-state index in [-0.39, 0.29) is 5.91 Å². The first-order valence-electron chi connectivity index (χ1n) is 7.24. The molecule has 5 heteroatoms. The molecule has 2 rings (SSSR count). The van der Waals surface area contributed by atoms with E-state index in [1.54, 1.807) is 49.7 Å². The Balaban J connectivity index is 2.10. The lowest BCUT2D eigenvalue weighted by Gasteiger charge is -2.15. The van der Waals surface area contributed by atoms with Crippen molar-refractivity contribution in [3.8, 4) is 11.5 Å². The summed E-state index contributed by atoms with van der Waals surface area (Å²) in [5, 5.41) is 2.04. The lowest BCUT2D eigenvalue weighted by molar-refractivity contribution is -0.125. The van der Waals surface area contributed by atoms with E-state index >= 15 is 0 Å². The summed E-state index contributed by atoms with van der Waals surface area (Å²) in [6.45, 7) is 2.67. The molecule has 0 unspecified atom stereocenters. The zero-order valence-corrected chi connectivity index (χ0v) is 14.6. The van der Waals surface area contributed by atoms with Crippen LogP contribution < -0.4 is 9.47 Å². The Morgan fingerprint density at radius 1 is 1.26 bits per heavy atom. The molecule has 0 atom stereocenters. The first-order valence-corrected chi connectivity index (χ1v) is 8.12. The van der Waals surface area contributed by atoms with Gasteiger partial charge >= 0.3 is 0 Å². The van der Waals surface area contributed by atoms with E-state index < -0.39 is 0 Å². The van der Waals surface area contributed by atoms with Gasteiger partial charge in [0.2, 0.25) is 5.91 Å². The molecule has 0 bridgehead atoms. The van der Waals surface area contributed by atoms with Crippen molar-refractivity contribution in [1.82, 2.24) is 4.90 Å². The fourth-order valence-electron chi connectivity index (χ4n) is 2.19. The second kappa shape index (κ2) is 7.83. The summed E-state index contributed by atoms with van der Waals surface area (Å²) in [6.07, 6.45) is 3.31. The summed E-state index contributed by atoms with van der Waals surface area (Å²) < 4.78 is 10.6. The van der Waals surface area contributed by atoms with Gasteiger partial charge in [0.15, 0.2) is 11.5 Å². The first kappa shape index (κ1) is 17.1. The summed E-state index contributed by atoms with van der Waals surface area (Å²) in [7, 11) is 4.98. The van der Waals surface area contributed by atoms with Gasteiger partial charge in [0, 0.05) is 23.6 Å². The summed E-state index contributed by atoms with van der Waals surface area (Å²) in [5.41, 5.74) is 2.02. The number of para-hydroxylation sites is 1. The topological polar surface area (TPSA) is 38.8 Å². The highest BCUT2D eigenvalue weighted by molar-refractivity contribution is 7.10. The quantitative estimate of drug-likeness (QED) is 0.757. The minimum absolute atomic E-state index is 0.0531. The molecule has 1 heterocycles. The molecule has 0 aliphatic heterocycles. The normalized spacial score (nSPS) is 10.8. The number of methoxy groups -OCH3 is 2. The molecule has 0 aliphatic rings. The van der Waals surface area contributed by atoms with Crippen molar-refractivity contribution in [2.24, 2.45) is 0 Å². The van der Waals surface area contributed by atoms with Gasteiger partial charge in [-0.15, -0.1) is 11.3 Å². The molecule has 1 aromatic carbocycles. The van der Waals surface area contributed by atoms with Crippen LogP contribution in [-0.4, -0.2) is 32.1 Å². The number of amides is 1. The van der Waals surface area contributed by atoms with Crippen LogP contribution in [0.2, 0.25) is 0 Å². The molecular weight excluding hydrogens is 310 g/mol. The van der Waals surface area contributed by atoms with Crippen molar-refractivity contribution < 1.29 is 14.3 Å². The molecule has 2 aromatic rings. The fraction of sp³-hybridized carbons (Fsp3) is 0.278. The number of nitrogens with zero attached hydrogens (tertiary/aromatic N) is 1. The zero-order valence-electron chi connectivity index (χ0n) is 13.8. The standard InChI is InChI=1S/C18H21NO3S/c1-13-10-11-23-16(13)12-19(2)17(20)9-8-14-6-5-7-15(21-3)18(14)22-4/h5-11H,12H2,1-4H3/b9-8+. The Hall–Kier alpha value is -2.27. The molecule has 0 aliphatic carbocycles. The van der Waals surface area contributed by atoms with Crippen LogP contribution in [0.3, 0.4) is 0 Å². The Bertz CT molecular complexity index is 706. The van der Waals surface area contributed by atoms with Crippen LogP contribution in [0.25, 0.3) is 6.08 Å². The largest absolute Gasteiger partial charge is 0.493 e. The van der Waals surface area contributed by atoms with Gasteiger partial charge in [0.25, 0.3) is 0 Å². The maximum Gasteiger partial charge on any atom is 0.246 e. The molecule has 122 valence electrons. The minimum atomic E-state index is -0.0531. The monoisotopic (exact) mass is 331 g/mol. The number of thiophene rings is 1. The number of hydrogen-bond acceptors (Lipinski definition) is 4. The second-order valence-corrected chi connectivity index (χ2v) is 6.14. The maximum atomic E-state index is 12.3. The molecule has 0 fully saturated rings. The third-order valence-corrected chi connectivity index (χ3v) is 4.57. The van der Waals surface area contributed by atoms with Crippen LogP contribution in [0, 0.1) is 6.92 Å². The number of hydrogen-bond donors (Lipinski definition) is 0. The first-order chi connectivity index (χ1) is 11.1. The summed E-state index contributed by atoms with van der Waals surface area (Å²) in [6, 6.07) is 7.64. The molecule has 4 nitrogen and oxygen atoms in total. The number of carbonyl (C=O) groups is 1. The van der Waals surface area contributed by atoms with Crippen LogP contribution >= 0.6 is 11.3 Å². The van der Waals surface area contributed by atoms with Crippen molar-refractivity contribution in [3.63, 3.8) is 0 Å². The number of benzene rings is 1. The number of likely N-dealkylation sites (N-methyl/N-ethyl adjacent to an activating group) is 1.